The number of benzene rings is 5. The van der Waals surface area contributed by atoms with Gasteiger partial charge in [-0.1, -0.05) is 60.7 Å². The summed E-state index contributed by atoms with van der Waals surface area (Å²) in [5.41, 5.74) is 10.2. The molecule has 0 fully saturated rings. The smallest absolute Gasteiger partial charge is 0.268 e. The second-order valence-electron chi connectivity index (χ2n) is 11.8. The number of carbonyl (C=O) groups is 2. The van der Waals surface area contributed by atoms with Crippen LogP contribution >= 0.6 is 0 Å². The maximum absolute atomic E-state index is 14.3. The number of anilines is 1. The van der Waals surface area contributed by atoms with Gasteiger partial charge in [0.1, 0.15) is 0 Å². The van der Waals surface area contributed by atoms with Crippen molar-refractivity contribution in [1.29, 1.82) is 0 Å². The summed E-state index contributed by atoms with van der Waals surface area (Å²) in [6, 6.07) is 43.9. The van der Waals surface area contributed by atoms with E-state index in [1.54, 1.807) is 30.9 Å². The van der Waals surface area contributed by atoms with Crippen LogP contribution in [0.1, 0.15) is 20.7 Å². The van der Waals surface area contributed by atoms with Crippen LogP contribution in [-0.4, -0.2) is 26.3 Å². The van der Waals surface area contributed by atoms with Gasteiger partial charge in [-0.15, -0.1) is 0 Å². The molecule has 0 unspecified atom stereocenters. The number of hydrogen-bond donors (Lipinski definition) is 0. The number of rotatable bonds is 5. The van der Waals surface area contributed by atoms with Gasteiger partial charge in [-0.25, -0.2) is 4.90 Å². The molecule has 8 aromatic rings. The van der Waals surface area contributed by atoms with Crippen LogP contribution in [0.3, 0.4) is 0 Å². The molecule has 4 heterocycles. The molecular formula is C42H26N4O2. The van der Waals surface area contributed by atoms with Gasteiger partial charge in [0.25, 0.3) is 11.8 Å². The Morgan fingerprint density at radius 2 is 0.958 bits per heavy atom. The van der Waals surface area contributed by atoms with Gasteiger partial charge >= 0.3 is 0 Å². The van der Waals surface area contributed by atoms with Crippen molar-refractivity contribution in [2.75, 3.05) is 4.90 Å². The zero-order valence-electron chi connectivity index (χ0n) is 25.6. The van der Waals surface area contributed by atoms with Crippen molar-refractivity contribution in [3.63, 3.8) is 0 Å². The molecule has 9 rings (SSSR count). The number of amides is 2. The number of nitrogens with zero attached hydrogens (tertiary/aromatic N) is 4. The SMILES string of the molecule is O=C1c2cccc(-n3c4ccc(-c5ccncc5)cc4c4cc(-c5ccncc5)ccc43)c2C(=O)N1c1ccc(-c2ccccc2)cc1. The van der Waals surface area contributed by atoms with Crippen molar-refractivity contribution < 1.29 is 9.59 Å². The molecule has 1 aliphatic rings. The van der Waals surface area contributed by atoms with E-state index < -0.39 is 0 Å². The predicted octanol–water partition coefficient (Wildman–Crippen LogP) is 9.38. The molecule has 0 aliphatic carbocycles. The molecule has 0 bridgehead atoms. The standard InChI is InChI=1S/C42H26N4O2/c47-41-34-7-4-8-39(40(34)42(48)45(41)33-13-9-28(10-14-33)27-5-2-1-3-6-27)46-37-15-11-31(29-17-21-43-22-18-29)25-35(37)36-26-32(12-16-38(36)46)30-19-23-44-24-20-30/h1-26H. The summed E-state index contributed by atoms with van der Waals surface area (Å²) < 4.78 is 2.11. The van der Waals surface area contributed by atoms with Crippen LogP contribution in [0.5, 0.6) is 0 Å². The van der Waals surface area contributed by atoms with Crippen LogP contribution in [0, 0.1) is 0 Å². The number of imide groups is 1. The summed E-state index contributed by atoms with van der Waals surface area (Å²) in [5.74, 6) is -0.667. The van der Waals surface area contributed by atoms with Crippen LogP contribution in [0.25, 0.3) is 60.9 Å². The fraction of sp³-hybridized carbons (Fsp3) is 0. The molecule has 6 nitrogen and oxygen atoms in total. The van der Waals surface area contributed by atoms with Crippen LogP contribution in [-0.2, 0) is 0 Å². The van der Waals surface area contributed by atoms with Crippen LogP contribution < -0.4 is 4.90 Å². The highest BCUT2D eigenvalue weighted by atomic mass is 16.2. The van der Waals surface area contributed by atoms with Crippen molar-refractivity contribution in [3.05, 3.63) is 169 Å². The quantitative estimate of drug-likeness (QED) is 0.180. The Labute approximate surface area is 276 Å². The molecule has 1 aliphatic heterocycles. The number of pyridine rings is 2. The molecule has 0 saturated heterocycles. The Kier molecular flexibility index (Phi) is 6.33. The molecule has 0 radical (unpaired) electrons. The molecule has 0 N–H and O–H groups in total. The summed E-state index contributed by atoms with van der Waals surface area (Å²) in [6.45, 7) is 0. The highest BCUT2D eigenvalue weighted by Crippen LogP contribution is 2.40. The zero-order chi connectivity index (χ0) is 32.2. The van der Waals surface area contributed by atoms with Crippen molar-refractivity contribution in [2.45, 2.75) is 0 Å². The van der Waals surface area contributed by atoms with Gasteiger partial charge in [-0.05, 0) is 106 Å². The Balaban J connectivity index is 1.22. The monoisotopic (exact) mass is 618 g/mol. The molecular weight excluding hydrogens is 592 g/mol. The molecule has 226 valence electrons. The second kappa shape index (κ2) is 11.0. The van der Waals surface area contributed by atoms with E-state index in [4.69, 9.17) is 0 Å². The Morgan fingerprint density at radius 1 is 0.438 bits per heavy atom. The highest BCUT2D eigenvalue weighted by Gasteiger charge is 2.39. The summed E-state index contributed by atoms with van der Waals surface area (Å²) in [4.78, 5) is 37.9. The molecule has 0 saturated carbocycles. The van der Waals surface area contributed by atoms with Gasteiger partial charge in [-0.2, -0.15) is 0 Å². The molecule has 48 heavy (non-hydrogen) atoms. The van der Waals surface area contributed by atoms with Gasteiger partial charge in [0.15, 0.2) is 0 Å². The fourth-order valence-corrected chi connectivity index (χ4v) is 6.85. The summed E-state index contributed by atoms with van der Waals surface area (Å²) in [6.07, 6.45) is 7.17. The number of carbonyl (C=O) groups excluding carboxylic acids is 2. The molecule has 5 aromatic carbocycles. The first kappa shape index (κ1) is 27.6. The number of aromatic nitrogens is 3. The third-order valence-electron chi connectivity index (χ3n) is 9.16. The van der Waals surface area contributed by atoms with E-state index in [0.29, 0.717) is 22.5 Å². The van der Waals surface area contributed by atoms with E-state index in [1.165, 1.54) is 4.90 Å². The zero-order valence-corrected chi connectivity index (χ0v) is 25.6. The molecule has 6 heteroatoms. The van der Waals surface area contributed by atoms with Crippen molar-refractivity contribution in [2.24, 2.45) is 0 Å². The molecule has 2 amide bonds. The first-order chi connectivity index (χ1) is 23.7. The first-order valence-corrected chi connectivity index (χ1v) is 15.7. The molecule has 0 spiro atoms. The average molecular weight is 619 g/mol. The lowest BCUT2D eigenvalue weighted by molar-refractivity contribution is 0.0926. The van der Waals surface area contributed by atoms with E-state index in [1.807, 2.05) is 91.0 Å². The van der Waals surface area contributed by atoms with Crippen LogP contribution in [0.4, 0.5) is 5.69 Å². The second-order valence-corrected chi connectivity index (χ2v) is 11.8. The van der Waals surface area contributed by atoms with Crippen LogP contribution in [0.15, 0.2) is 158 Å². The minimum Gasteiger partial charge on any atom is -0.308 e. The third kappa shape index (κ3) is 4.35. The lowest BCUT2D eigenvalue weighted by atomic mass is 10.0. The fourth-order valence-electron chi connectivity index (χ4n) is 6.85. The first-order valence-electron chi connectivity index (χ1n) is 15.7. The largest absolute Gasteiger partial charge is 0.308 e. The third-order valence-corrected chi connectivity index (χ3v) is 9.16. The van der Waals surface area contributed by atoms with E-state index in [0.717, 1.165) is 55.2 Å². The highest BCUT2D eigenvalue weighted by molar-refractivity contribution is 6.35. The minimum absolute atomic E-state index is 0.329. The van der Waals surface area contributed by atoms with Crippen molar-refractivity contribution >= 4 is 39.3 Å². The average Bonchev–Trinajstić information content (AvgIpc) is 3.62. The van der Waals surface area contributed by atoms with E-state index in [-0.39, 0.29) is 11.8 Å². The normalized spacial score (nSPS) is 12.6. The number of fused-ring (bicyclic) bond motifs is 4. The van der Waals surface area contributed by atoms with Gasteiger partial charge in [-0.3, -0.25) is 19.6 Å². The predicted molar refractivity (Wildman–Crippen MR) is 190 cm³/mol. The minimum atomic E-state index is -0.338. The van der Waals surface area contributed by atoms with E-state index >= 15 is 0 Å². The van der Waals surface area contributed by atoms with Gasteiger partial charge in [0.05, 0.1) is 33.5 Å². The summed E-state index contributed by atoms with van der Waals surface area (Å²) in [7, 11) is 0. The maximum Gasteiger partial charge on any atom is 0.268 e. The van der Waals surface area contributed by atoms with Crippen molar-refractivity contribution in [1.82, 2.24) is 14.5 Å². The lowest BCUT2D eigenvalue weighted by Gasteiger charge is -2.15. The van der Waals surface area contributed by atoms with E-state index in [2.05, 4.69) is 50.9 Å². The lowest BCUT2D eigenvalue weighted by Crippen LogP contribution is -2.29. The van der Waals surface area contributed by atoms with E-state index in [9.17, 15) is 9.59 Å². The molecule has 0 atom stereocenters. The maximum atomic E-state index is 14.3. The van der Waals surface area contributed by atoms with Crippen LogP contribution in [0.2, 0.25) is 0 Å². The topological polar surface area (TPSA) is 68.1 Å². The number of hydrogen-bond acceptors (Lipinski definition) is 4. The van der Waals surface area contributed by atoms with Gasteiger partial charge in [0.2, 0.25) is 0 Å². The van der Waals surface area contributed by atoms with Crippen molar-refractivity contribution in [3.8, 4) is 39.1 Å². The summed E-state index contributed by atoms with van der Waals surface area (Å²) in [5, 5.41) is 2.08. The van der Waals surface area contributed by atoms with Gasteiger partial charge in [0, 0.05) is 35.6 Å². The Hall–Kier alpha value is -6.66. The van der Waals surface area contributed by atoms with Gasteiger partial charge < -0.3 is 4.57 Å². The Bertz CT molecular complexity index is 2430. The summed E-state index contributed by atoms with van der Waals surface area (Å²) >= 11 is 0. The Morgan fingerprint density at radius 3 is 1.54 bits per heavy atom. The molecule has 3 aromatic heterocycles.